The van der Waals surface area contributed by atoms with Crippen molar-refractivity contribution in [1.29, 1.82) is 0 Å². The van der Waals surface area contributed by atoms with Crippen molar-refractivity contribution in [1.82, 2.24) is 4.90 Å². The fraction of sp³-hybridized carbons (Fsp3) is 0.500. The van der Waals surface area contributed by atoms with Gasteiger partial charge in [-0.15, -0.1) is 0 Å². The molecule has 0 atom stereocenters. The van der Waals surface area contributed by atoms with Crippen LogP contribution in [-0.2, 0) is 17.8 Å². The standard InChI is InChI=1S/C18H23NO/c1-2-18(20)19-11-10-15-8-9-16(12-17(15)13-19)14-6-4-3-5-7-14/h2,8-9,12,14H,1,3-7,10-11,13H2. The average molecular weight is 269 g/mol. The Morgan fingerprint density at radius 2 is 2.00 bits per heavy atom. The number of fused-ring (bicyclic) bond motifs is 1. The fourth-order valence-electron chi connectivity index (χ4n) is 3.58. The summed E-state index contributed by atoms with van der Waals surface area (Å²) in [6.07, 6.45) is 9.17. The predicted molar refractivity (Wildman–Crippen MR) is 81.6 cm³/mol. The van der Waals surface area contributed by atoms with Gasteiger partial charge in [-0.3, -0.25) is 4.79 Å². The molecule has 1 aromatic rings. The summed E-state index contributed by atoms with van der Waals surface area (Å²) >= 11 is 0. The third kappa shape index (κ3) is 2.65. The molecule has 2 heteroatoms. The normalized spacial score (nSPS) is 19.5. The van der Waals surface area contributed by atoms with Crippen molar-refractivity contribution < 1.29 is 4.79 Å². The lowest BCUT2D eigenvalue weighted by atomic mass is 9.82. The number of carbonyl (C=O) groups is 1. The minimum atomic E-state index is 0.0544. The van der Waals surface area contributed by atoms with E-state index in [0.29, 0.717) is 0 Å². The molecule has 1 aliphatic carbocycles. The van der Waals surface area contributed by atoms with Gasteiger partial charge in [-0.1, -0.05) is 44.0 Å². The zero-order valence-electron chi connectivity index (χ0n) is 12.1. The fourth-order valence-corrected chi connectivity index (χ4v) is 3.58. The van der Waals surface area contributed by atoms with E-state index in [4.69, 9.17) is 0 Å². The van der Waals surface area contributed by atoms with Gasteiger partial charge in [0.25, 0.3) is 0 Å². The SMILES string of the molecule is C=CC(=O)N1CCc2ccc(C3CCCCC3)cc2C1. The largest absolute Gasteiger partial charge is 0.335 e. The predicted octanol–water partition coefficient (Wildman–Crippen LogP) is 3.81. The molecule has 1 saturated carbocycles. The molecule has 3 rings (SSSR count). The van der Waals surface area contributed by atoms with Crippen LogP contribution < -0.4 is 0 Å². The maximum atomic E-state index is 11.8. The Kier molecular flexibility index (Phi) is 3.90. The smallest absolute Gasteiger partial charge is 0.246 e. The van der Waals surface area contributed by atoms with Crippen molar-refractivity contribution in [3.8, 4) is 0 Å². The van der Waals surface area contributed by atoms with Crippen LogP contribution in [0.2, 0.25) is 0 Å². The molecule has 0 saturated heterocycles. The second kappa shape index (κ2) is 5.82. The first-order valence-corrected chi connectivity index (χ1v) is 7.81. The highest BCUT2D eigenvalue weighted by atomic mass is 16.2. The summed E-state index contributed by atoms with van der Waals surface area (Å²) in [5, 5.41) is 0. The molecule has 1 aliphatic heterocycles. The lowest BCUT2D eigenvalue weighted by Gasteiger charge is -2.30. The van der Waals surface area contributed by atoms with Crippen LogP contribution in [0.15, 0.2) is 30.9 Å². The van der Waals surface area contributed by atoms with E-state index in [1.807, 2.05) is 4.90 Å². The Hall–Kier alpha value is -1.57. The minimum absolute atomic E-state index is 0.0544. The maximum Gasteiger partial charge on any atom is 0.246 e. The van der Waals surface area contributed by atoms with Crippen LogP contribution in [-0.4, -0.2) is 17.4 Å². The molecule has 0 spiro atoms. The second-order valence-corrected chi connectivity index (χ2v) is 6.08. The number of hydrogen-bond acceptors (Lipinski definition) is 1. The van der Waals surface area contributed by atoms with Gasteiger partial charge < -0.3 is 4.90 Å². The third-order valence-corrected chi connectivity index (χ3v) is 4.81. The molecule has 1 aromatic carbocycles. The number of nitrogens with zero attached hydrogens (tertiary/aromatic N) is 1. The molecule has 0 unspecified atom stereocenters. The first kappa shape index (κ1) is 13.4. The molecule has 1 fully saturated rings. The highest BCUT2D eigenvalue weighted by Crippen LogP contribution is 2.34. The van der Waals surface area contributed by atoms with Gasteiger partial charge in [-0.25, -0.2) is 0 Å². The van der Waals surface area contributed by atoms with E-state index in [2.05, 4.69) is 24.8 Å². The van der Waals surface area contributed by atoms with Crippen LogP contribution in [0.4, 0.5) is 0 Å². The van der Waals surface area contributed by atoms with E-state index in [1.54, 1.807) is 0 Å². The summed E-state index contributed by atoms with van der Waals surface area (Å²) in [4.78, 5) is 13.7. The van der Waals surface area contributed by atoms with Crippen LogP contribution >= 0.6 is 0 Å². The quantitative estimate of drug-likeness (QED) is 0.748. The van der Waals surface area contributed by atoms with Gasteiger partial charge in [-0.2, -0.15) is 0 Å². The van der Waals surface area contributed by atoms with Gasteiger partial charge in [0.1, 0.15) is 0 Å². The van der Waals surface area contributed by atoms with Gasteiger partial charge in [0.2, 0.25) is 5.91 Å². The molecule has 2 nitrogen and oxygen atoms in total. The van der Waals surface area contributed by atoms with E-state index in [-0.39, 0.29) is 5.91 Å². The van der Waals surface area contributed by atoms with E-state index in [0.717, 1.165) is 25.4 Å². The molecule has 0 bridgehead atoms. The van der Waals surface area contributed by atoms with Crippen molar-refractivity contribution in [2.75, 3.05) is 6.54 Å². The summed E-state index contributed by atoms with van der Waals surface area (Å²) in [5.74, 6) is 0.790. The van der Waals surface area contributed by atoms with Crippen LogP contribution in [0.25, 0.3) is 0 Å². The Morgan fingerprint density at radius 1 is 1.20 bits per heavy atom. The Labute approximate surface area is 121 Å². The van der Waals surface area contributed by atoms with E-state index >= 15 is 0 Å². The monoisotopic (exact) mass is 269 g/mol. The first-order valence-electron chi connectivity index (χ1n) is 7.81. The highest BCUT2D eigenvalue weighted by molar-refractivity contribution is 5.87. The summed E-state index contributed by atoms with van der Waals surface area (Å²) < 4.78 is 0. The van der Waals surface area contributed by atoms with E-state index in [1.165, 1.54) is 54.9 Å². The molecule has 106 valence electrons. The number of amides is 1. The van der Waals surface area contributed by atoms with Crippen molar-refractivity contribution in [3.63, 3.8) is 0 Å². The average Bonchev–Trinajstić information content (AvgIpc) is 2.54. The third-order valence-electron chi connectivity index (χ3n) is 4.81. The van der Waals surface area contributed by atoms with Crippen LogP contribution in [0.3, 0.4) is 0 Å². The van der Waals surface area contributed by atoms with Crippen molar-refractivity contribution in [2.24, 2.45) is 0 Å². The van der Waals surface area contributed by atoms with Crippen molar-refractivity contribution in [2.45, 2.75) is 51.0 Å². The second-order valence-electron chi connectivity index (χ2n) is 6.08. The summed E-state index contributed by atoms with van der Waals surface area (Å²) in [6.45, 7) is 5.16. The van der Waals surface area contributed by atoms with Gasteiger partial charge in [0, 0.05) is 13.1 Å². The van der Waals surface area contributed by atoms with E-state index < -0.39 is 0 Å². The number of benzene rings is 1. The molecule has 1 amide bonds. The lowest BCUT2D eigenvalue weighted by molar-refractivity contribution is -0.126. The molecule has 20 heavy (non-hydrogen) atoms. The molecule has 0 radical (unpaired) electrons. The van der Waals surface area contributed by atoms with Crippen LogP contribution in [0.1, 0.15) is 54.7 Å². The minimum Gasteiger partial charge on any atom is -0.335 e. The summed E-state index contributed by atoms with van der Waals surface area (Å²) in [7, 11) is 0. The van der Waals surface area contributed by atoms with Gasteiger partial charge >= 0.3 is 0 Å². The van der Waals surface area contributed by atoms with Crippen molar-refractivity contribution >= 4 is 5.91 Å². The molecule has 2 aliphatic rings. The highest BCUT2D eigenvalue weighted by Gasteiger charge is 2.21. The van der Waals surface area contributed by atoms with Crippen molar-refractivity contribution in [3.05, 3.63) is 47.5 Å². The molecule has 1 heterocycles. The number of carbonyl (C=O) groups excluding carboxylic acids is 1. The van der Waals surface area contributed by atoms with Gasteiger partial charge in [0.05, 0.1) is 0 Å². The maximum absolute atomic E-state index is 11.8. The van der Waals surface area contributed by atoms with E-state index in [9.17, 15) is 4.79 Å². The lowest BCUT2D eigenvalue weighted by Crippen LogP contribution is -2.34. The molecular formula is C18H23NO. The van der Waals surface area contributed by atoms with Gasteiger partial charge in [-0.05, 0) is 47.9 Å². The first-order chi connectivity index (χ1) is 9.78. The Morgan fingerprint density at radius 3 is 2.75 bits per heavy atom. The number of rotatable bonds is 2. The summed E-state index contributed by atoms with van der Waals surface area (Å²) in [5.41, 5.74) is 4.24. The zero-order chi connectivity index (χ0) is 13.9. The Bertz CT molecular complexity index is 514. The van der Waals surface area contributed by atoms with Crippen LogP contribution in [0.5, 0.6) is 0 Å². The zero-order valence-corrected chi connectivity index (χ0v) is 12.1. The molecular weight excluding hydrogens is 246 g/mol. The molecule has 0 aromatic heterocycles. The molecule has 0 N–H and O–H groups in total. The van der Waals surface area contributed by atoms with Gasteiger partial charge in [0.15, 0.2) is 0 Å². The number of hydrogen-bond donors (Lipinski definition) is 0. The van der Waals surface area contributed by atoms with Crippen LogP contribution in [0, 0.1) is 0 Å². The Balaban J connectivity index is 1.81. The topological polar surface area (TPSA) is 20.3 Å². The summed E-state index contributed by atoms with van der Waals surface area (Å²) in [6, 6.07) is 6.96.